The van der Waals surface area contributed by atoms with Crippen LogP contribution in [-0.4, -0.2) is 17.2 Å². The second-order valence-electron chi connectivity index (χ2n) is 9.11. The molecular weight excluding hydrogens is 460 g/mol. The highest BCUT2D eigenvalue weighted by atomic mass is 16.7. The predicted octanol–water partition coefficient (Wildman–Crippen LogP) is 7.13. The molecule has 4 heteroatoms. The van der Waals surface area contributed by atoms with E-state index in [4.69, 9.17) is 9.47 Å². The van der Waals surface area contributed by atoms with E-state index in [1.54, 1.807) is 48.5 Å². The molecule has 2 atom stereocenters. The summed E-state index contributed by atoms with van der Waals surface area (Å²) in [5, 5.41) is 2.10. The minimum atomic E-state index is -1.92. The molecule has 1 heterocycles. The van der Waals surface area contributed by atoms with Crippen LogP contribution in [0.5, 0.6) is 0 Å². The zero-order valence-electron chi connectivity index (χ0n) is 20.0. The largest absolute Gasteiger partial charge is 0.336 e. The van der Waals surface area contributed by atoms with Crippen molar-refractivity contribution in [2.75, 3.05) is 0 Å². The van der Waals surface area contributed by atoms with Crippen LogP contribution in [-0.2, 0) is 9.47 Å². The fourth-order valence-corrected chi connectivity index (χ4v) is 4.98. The lowest BCUT2D eigenvalue weighted by Crippen LogP contribution is -2.50. The molecule has 0 spiro atoms. The third kappa shape index (κ3) is 4.06. The van der Waals surface area contributed by atoms with Gasteiger partial charge in [0.25, 0.3) is 0 Å². The highest BCUT2D eigenvalue weighted by Crippen LogP contribution is 2.50. The van der Waals surface area contributed by atoms with Crippen LogP contribution in [0.3, 0.4) is 0 Å². The Bertz CT molecular complexity index is 1510. The van der Waals surface area contributed by atoms with Crippen molar-refractivity contribution in [1.82, 2.24) is 0 Å². The van der Waals surface area contributed by atoms with Crippen molar-refractivity contribution in [2.24, 2.45) is 0 Å². The van der Waals surface area contributed by atoms with Crippen molar-refractivity contribution < 1.29 is 19.1 Å². The van der Waals surface area contributed by atoms with E-state index in [0.29, 0.717) is 16.7 Å². The van der Waals surface area contributed by atoms with Crippen LogP contribution in [0.25, 0.3) is 10.8 Å². The summed E-state index contributed by atoms with van der Waals surface area (Å²) in [6, 6.07) is 40.9. The summed E-state index contributed by atoms with van der Waals surface area (Å²) in [4.78, 5) is 28.7. The molecule has 0 saturated carbocycles. The fourth-order valence-electron chi connectivity index (χ4n) is 4.98. The maximum atomic E-state index is 14.3. The molecule has 1 saturated heterocycles. The Hall–Kier alpha value is -4.38. The molecule has 1 fully saturated rings. The van der Waals surface area contributed by atoms with Gasteiger partial charge in [0.05, 0.1) is 0 Å². The maximum Gasteiger partial charge on any atom is 0.226 e. The molecule has 0 aromatic heterocycles. The Morgan fingerprint density at radius 1 is 0.541 bits per heavy atom. The van der Waals surface area contributed by atoms with Crippen LogP contribution < -0.4 is 0 Å². The number of hydrogen-bond acceptors (Lipinski definition) is 4. The van der Waals surface area contributed by atoms with Crippen molar-refractivity contribution in [2.45, 2.75) is 18.0 Å². The molecule has 180 valence electrons. The van der Waals surface area contributed by atoms with Crippen LogP contribution in [0.15, 0.2) is 133 Å². The summed E-state index contributed by atoms with van der Waals surface area (Å²) in [5.74, 6) is -0.863. The van der Waals surface area contributed by atoms with Gasteiger partial charge >= 0.3 is 0 Å². The number of carbonyl (C=O) groups is 2. The van der Waals surface area contributed by atoms with E-state index < -0.39 is 29.6 Å². The second kappa shape index (κ2) is 9.58. The molecular formula is C33H24O4. The van der Waals surface area contributed by atoms with E-state index in [9.17, 15) is 9.59 Å². The van der Waals surface area contributed by atoms with Gasteiger partial charge in [0.1, 0.15) is 6.10 Å². The van der Waals surface area contributed by atoms with Crippen molar-refractivity contribution in [3.63, 3.8) is 0 Å². The Labute approximate surface area is 215 Å². The Balaban J connectivity index is 1.54. The predicted molar refractivity (Wildman–Crippen MR) is 142 cm³/mol. The van der Waals surface area contributed by atoms with Crippen LogP contribution in [0.1, 0.15) is 44.2 Å². The zero-order valence-corrected chi connectivity index (χ0v) is 20.0. The van der Waals surface area contributed by atoms with Gasteiger partial charge in [-0.25, -0.2) is 0 Å². The van der Waals surface area contributed by atoms with Crippen LogP contribution in [0.2, 0.25) is 0 Å². The first-order valence-corrected chi connectivity index (χ1v) is 12.2. The van der Waals surface area contributed by atoms with E-state index in [2.05, 4.69) is 0 Å². The molecule has 1 aliphatic heterocycles. The number of rotatable bonds is 6. The number of ketones is 2. The SMILES string of the molecule is O=C(c1ccccc1)C1(C(=O)c2ccccc2)OC(c2ccc3ccccc3c2)OC1c1ccccc1. The zero-order chi connectivity index (χ0) is 25.2. The van der Waals surface area contributed by atoms with E-state index >= 15 is 0 Å². The van der Waals surface area contributed by atoms with Gasteiger partial charge in [0.15, 0.2) is 6.29 Å². The lowest BCUT2D eigenvalue weighted by molar-refractivity contribution is -0.0767. The molecule has 6 rings (SSSR count). The third-order valence-corrected chi connectivity index (χ3v) is 6.82. The average molecular weight is 485 g/mol. The molecule has 4 nitrogen and oxygen atoms in total. The smallest absolute Gasteiger partial charge is 0.226 e. The van der Waals surface area contributed by atoms with Gasteiger partial charge in [-0.1, -0.05) is 127 Å². The molecule has 5 aromatic rings. The molecule has 0 radical (unpaired) electrons. The lowest BCUT2D eigenvalue weighted by atomic mass is 9.78. The van der Waals surface area contributed by atoms with Gasteiger partial charge in [0, 0.05) is 16.7 Å². The first-order valence-electron chi connectivity index (χ1n) is 12.2. The quantitative estimate of drug-likeness (QED) is 0.190. The summed E-state index contributed by atoms with van der Waals surface area (Å²) in [7, 11) is 0. The number of benzene rings is 5. The number of carbonyl (C=O) groups excluding carboxylic acids is 2. The summed E-state index contributed by atoms with van der Waals surface area (Å²) >= 11 is 0. The lowest BCUT2D eigenvalue weighted by Gasteiger charge is -2.30. The van der Waals surface area contributed by atoms with Gasteiger partial charge in [-0.05, 0) is 22.4 Å². The van der Waals surface area contributed by atoms with Gasteiger partial charge in [-0.2, -0.15) is 0 Å². The topological polar surface area (TPSA) is 52.6 Å². The number of fused-ring (bicyclic) bond motifs is 1. The van der Waals surface area contributed by atoms with Crippen molar-refractivity contribution in [3.05, 3.63) is 156 Å². The van der Waals surface area contributed by atoms with Crippen molar-refractivity contribution in [1.29, 1.82) is 0 Å². The van der Waals surface area contributed by atoms with Gasteiger partial charge < -0.3 is 9.47 Å². The molecule has 0 bridgehead atoms. The second-order valence-corrected chi connectivity index (χ2v) is 9.11. The monoisotopic (exact) mass is 484 g/mol. The summed E-state index contributed by atoms with van der Waals surface area (Å²) < 4.78 is 13.1. The van der Waals surface area contributed by atoms with Gasteiger partial charge in [-0.15, -0.1) is 0 Å². The standard InChI is InChI=1S/C33H24O4/c34-29(24-13-4-1-5-14-24)33(30(35)25-15-6-2-7-16-25)31(26-17-8-3-9-18-26)36-32(37-33)28-21-20-23-12-10-11-19-27(23)22-28/h1-22,31-32H. The Morgan fingerprint density at radius 3 is 1.65 bits per heavy atom. The van der Waals surface area contributed by atoms with Crippen LogP contribution in [0, 0.1) is 0 Å². The van der Waals surface area contributed by atoms with Gasteiger partial charge in [0.2, 0.25) is 17.2 Å². The summed E-state index contributed by atoms with van der Waals surface area (Å²) in [6.07, 6.45) is -1.87. The summed E-state index contributed by atoms with van der Waals surface area (Å²) in [6.45, 7) is 0. The molecule has 0 amide bonds. The van der Waals surface area contributed by atoms with Crippen LogP contribution >= 0.6 is 0 Å². The Kier molecular flexibility index (Phi) is 5.97. The first-order chi connectivity index (χ1) is 18.2. The van der Waals surface area contributed by atoms with Crippen molar-refractivity contribution in [3.8, 4) is 0 Å². The third-order valence-electron chi connectivity index (χ3n) is 6.82. The molecule has 0 N–H and O–H groups in total. The highest BCUT2D eigenvalue weighted by Gasteiger charge is 2.61. The van der Waals surface area contributed by atoms with E-state index in [-0.39, 0.29) is 0 Å². The minimum Gasteiger partial charge on any atom is -0.336 e. The number of hydrogen-bond donors (Lipinski definition) is 0. The minimum absolute atomic E-state index is 0.385. The molecule has 37 heavy (non-hydrogen) atoms. The molecule has 5 aromatic carbocycles. The first kappa shape index (κ1) is 23.0. The fraction of sp³-hybridized carbons (Fsp3) is 0.0909. The van der Waals surface area contributed by atoms with Gasteiger partial charge in [-0.3, -0.25) is 9.59 Å². The van der Waals surface area contributed by atoms with E-state index in [1.165, 1.54) is 0 Å². The highest BCUT2D eigenvalue weighted by molar-refractivity contribution is 6.23. The van der Waals surface area contributed by atoms with Crippen molar-refractivity contribution >= 4 is 22.3 Å². The number of ether oxygens (including phenoxy) is 2. The molecule has 0 aliphatic carbocycles. The molecule has 1 aliphatic rings. The Morgan fingerprint density at radius 2 is 1.05 bits per heavy atom. The number of Topliss-reactive ketones (excluding diaryl/α,β-unsaturated/α-hetero) is 2. The maximum absolute atomic E-state index is 14.3. The normalized spacial score (nSPS) is 18.5. The molecule has 2 unspecified atom stereocenters. The van der Waals surface area contributed by atoms with E-state index in [0.717, 1.165) is 16.3 Å². The average Bonchev–Trinajstić information content (AvgIpc) is 3.39. The van der Waals surface area contributed by atoms with E-state index in [1.807, 2.05) is 84.9 Å². The van der Waals surface area contributed by atoms with Crippen LogP contribution in [0.4, 0.5) is 0 Å². The summed E-state index contributed by atoms with van der Waals surface area (Å²) in [5.41, 5.74) is 0.286.